The average Bonchev–Trinajstić information content (AvgIpc) is 2.90. The van der Waals surface area contributed by atoms with Crippen LogP contribution in [-0.2, 0) is 16.0 Å². The summed E-state index contributed by atoms with van der Waals surface area (Å²) in [5, 5.41) is 8.96. The first-order valence-electron chi connectivity index (χ1n) is 12.2. The smallest absolute Gasteiger partial charge is 0.371 e. The van der Waals surface area contributed by atoms with Gasteiger partial charge < -0.3 is 9.84 Å². The second-order valence-corrected chi connectivity index (χ2v) is 8.58. The van der Waals surface area contributed by atoms with Gasteiger partial charge in [-0.1, -0.05) is 118 Å². The van der Waals surface area contributed by atoms with Gasteiger partial charge in [0.15, 0.2) is 5.78 Å². The van der Waals surface area contributed by atoms with E-state index in [0.29, 0.717) is 0 Å². The number of carboxylic acids is 1. The molecule has 0 aromatic heterocycles. The summed E-state index contributed by atoms with van der Waals surface area (Å²) < 4.78 is 4.85. The third-order valence-electron chi connectivity index (χ3n) is 5.86. The highest BCUT2D eigenvalue weighted by molar-refractivity contribution is 6.08. The molecule has 0 radical (unpaired) electrons. The quantitative estimate of drug-likeness (QED) is 0.136. The molecule has 0 saturated carbocycles. The predicted molar refractivity (Wildman–Crippen MR) is 142 cm³/mol. The Morgan fingerprint density at radius 1 is 0.886 bits per heavy atom. The summed E-state index contributed by atoms with van der Waals surface area (Å²) in [5.41, 5.74) is 3.58. The minimum atomic E-state index is -1.04. The number of ketones is 1. The van der Waals surface area contributed by atoms with Crippen molar-refractivity contribution in [2.24, 2.45) is 5.92 Å². The van der Waals surface area contributed by atoms with Crippen molar-refractivity contribution >= 4 is 17.8 Å². The van der Waals surface area contributed by atoms with Crippen LogP contribution in [0.5, 0.6) is 0 Å². The number of aryl methyl sites for hydroxylation is 1. The molecule has 0 heterocycles. The maximum Gasteiger partial charge on any atom is 0.371 e. The van der Waals surface area contributed by atoms with Crippen LogP contribution in [0, 0.1) is 5.92 Å². The van der Waals surface area contributed by atoms with Gasteiger partial charge in [0.1, 0.15) is 0 Å². The number of carbonyl (C=O) groups is 2. The molecular formula is C31H36O4. The molecule has 1 unspecified atom stereocenters. The predicted octanol–water partition coefficient (Wildman–Crippen LogP) is 7.44. The van der Waals surface area contributed by atoms with E-state index in [0.717, 1.165) is 29.0 Å². The highest BCUT2D eigenvalue weighted by atomic mass is 16.5. The zero-order valence-corrected chi connectivity index (χ0v) is 20.9. The van der Waals surface area contributed by atoms with Gasteiger partial charge in [-0.25, -0.2) is 4.79 Å². The summed E-state index contributed by atoms with van der Waals surface area (Å²) in [7, 11) is 1.37. The first-order chi connectivity index (χ1) is 16.9. The monoisotopic (exact) mass is 472 g/mol. The van der Waals surface area contributed by atoms with Gasteiger partial charge in [-0.15, -0.1) is 0 Å². The van der Waals surface area contributed by atoms with Crippen molar-refractivity contribution in [3.8, 4) is 0 Å². The number of methoxy groups -OCH3 is 1. The van der Waals surface area contributed by atoms with E-state index in [1.54, 1.807) is 6.08 Å². The Labute approximate surface area is 209 Å². The molecule has 0 fully saturated rings. The fourth-order valence-corrected chi connectivity index (χ4v) is 3.57. The minimum absolute atomic E-state index is 0.0380. The number of benzene rings is 3. The normalized spacial score (nSPS) is 11.7. The van der Waals surface area contributed by atoms with Gasteiger partial charge in [-0.05, 0) is 36.0 Å². The standard InChI is InChI=1S/C18H26O3.C13H10O/c1-4-14(2)8-5-6-9-15-10-7-11-16(12-15)13-17(21-3)18(19)20;14-13(11-7-3-1-4-8-11)12-9-5-2-6-10-12/h7,10-14H,4-6,8-9H2,1-3H3,(H,19,20);1-10H. The topological polar surface area (TPSA) is 63.6 Å². The van der Waals surface area contributed by atoms with E-state index in [4.69, 9.17) is 9.84 Å². The molecule has 1 N–H and O–H groups in total. The van der Waals surface area contributed by atoms with Crippen molar-refractivity contribution < 1.29 is 19.4 Å². The summed E-state index contributed by atoms with van der Waals surface area (Å²) in [5.74, 6) is -0.203. The molecule has 4 nitrogen and oxygen atoms in total. The van der Waals surface area contributed by atoms with Crippen molar-refractivity contribution in [2.45, 2.75) is 46.0 Å². The van der Waals surface area contributed by atoms with E-state index in [-0.39, 0.29) is 11.5 Å². The molecule has 3 rings (SSSR count). The Balaban J connectivity index is 0.000000266. The summed E-state index contributed by atoms with van der Waals surface area (Å²) in [6, 6.07) is 26.6. The Bertz CT molecular complexity index is 1030. The Morgan fingerprint density at radius 3 is 2.00 bits per heavy atom. The van der Waals surface area contributed by atoms with E-state index in [9.17, 15) is 9.59 Å². The first-order valence-corrected chi connectivity index (χ1v) is 12.2. The van der Waals surface area contributed by atoms with Crippen molar-refractivity contribution in [1.29, 1.82) is 0 Å². The number of unbranched alkanes of at least 4 members (excludes halogenated alkanes) is 1. The lowest BCUT2D eigenvalue weighted by atomic mass is 9.98. The van der Waals surface area contributed by atoms with Crippen LogP contribution in [0.2, 0.25) is 0 Å². The molecular weight excluding hydrogens is 436 g/mol. The average molecular weight is 473 g/mol. The maximum atomic E-state index is 11.8. The molecule has 0 amide bonds. The van der Waals surface area contributed by atoms with Crippen LogP contribution in [-0.4, -0.2) is 24.0 Å². The molecule has 3 aromatic rings. The molecule has 0 spiro atoms. The third kappa shape index (κ3) is 10.0. The molecule has 0 saturated heterocycles. The van der Waals surface area contributed by atoms with E-state index < -0.39 is 5.97 Å². The lowest BCUT2D eigenvalue weighted by molar-refractivity contribution is -0.135. The van der Waals surface area contributed by atoms with Crippen LogP contribution >= 0.6 is 0 Å². The fourth-order valence-electron chi connectivity index (χ4n) is 3.57. The van der Waals surface area contributed by atoms with Crippen molar-refractivity contribution in [3.05, 3.63) is 113 Å². The molecule has 1 atom stereocenters. The Morgan fingerprint density at radius 2 is 1.49 bits per heavy atom. The second-order valence-electron chi connectivity index (χ2n) is 8.58. The highest BCUT2D eigenvalue weighted by Crippen LogP contribution is 2.16. The van der Waals surface area contributed by atoms with Crippen LogP contribution in [0.25, 0.3) is 6.08 Å². The van der Waals surface area contributed by atoms with Gasteiger partial charge >= 0.3 is 5.97 Å². The lowest BCUT2D eigenvalue weighted by Gasteiger charge is -2.08. The van der Waals surface area contributed by atoms with Crippen molar-refractivity contribution in [2.75, 3.05) is 7.11 Å². The van der Waals surface area contributed by atoms with Crippen LogP contribution in [0.4, 0.5) is 0 Å². The third-order valence-corrected chi connectivity index (χ3v) is 5.86. The Kier molecular flexibility index (Phi) is 12.0. The lowest BCUT2D eigenvalue weighted by Crippen LogP contribution is -2.02. The first kappa shape index (κ1) is 27.6. The van der Waals surface area contributed by atoms with Gasteiger partial charge in [-0.2, -0.15) is 0 Å². The van der Waals surface area contributed by atoms with Crippen LogP contribution in [0.3, 0.4) is 0 Å². The van der Waals surface area contributed by atoms with E-state index in [1.807, 2.05) is 78.9 Å². The molecule has 0 aliphatic carbocycles. The summed E-state index contributed by atoms with van der Waals surface area (Å²) >= 11 is 0. The van der Waals surface area contributed by atoms with Crippen LogP contribution in [0.15, 0.2) is 90.7 Å². The maximum absolute atomic E-state index is 11.8. The van der Waals surface area contributed by atoms with Gasteiger partial charge in [0.25, 0.3) is 0 Å². The molecule has 4 heteroatoms. The molecule has 35 heavy (non-hydrogen) atoms. The summed E-state index contributed by atoms with van der Waals surface area (Å²) in [6.07, 6.45) is 7.54. The SMILES string of the molecule is CCC(C)CCCCc1cccc(C=C(OC)C(=O)O)c1.O=C(c1ccccc1)c1ccccc1. The van der Waals surface area contributed by atoms with Crippen LogP contribution in [0.1, 0.15) is 66.6 Å². The molecule has 3 aromatic carbocycles. The minimum Gasteiger partial charge on any atom is -0.490 e. The number of rotatable bonds is 11. The zero-order chi connectivity index (χ0) is 25.5. The van der Waals surface area contributed by atoms with Gasteiger partial charge in [0, 0.05) is 11.1 Å². The van der Waals surface area contributed by atoms with Gasteiger partial charge in [0.2, 0.25) is 5.76 Å². The number of ether oxygens (including phenoxy) is 1. The number of carbonyl (C=O) groups excluding carboxylic acids is 1. The summed E-state index contributed by atoms with van der Waals surface area (Å²) in [4.78, 5) is 22.8. The summed E-state index contributed by atoms with van der Waals surface area (Å²) in [6.45, 7) is 4.53. The fraction of sp³-hybridized carbons (Fsp3) is 0.290. The molecule has 0 bridgehead atoms. The number of aliphatic carboxylic acids is 1. The molecule has 184 valence electrons. The van der Waals surface area contributed by atoms with E-state index >= 15 is 0 Å². The molecule has 0 aliphatic heterocycles. The highest BCUT2D eigenvalue weighted by Gasteiger charge is 2.07. The van der Waals surface area contributed by atoms with Gasteiger partial charge in [0.05, 0.1) is 7.11 Å². The Hall–Kier alpha value is -3.66. The van der Waals surface area contributed by atoms with Crippen molar-refractivity contribution in [3.63, 3.8) is 0 Å². The van der Waals surface area contributed by atoms with Crippen molar-refractivity contribution in [1.82, 2.24) is 0 Å². The number of hydrogen-bond acceptors (Lipinski definition) is 3. The molecule has 0 aliphatic rings. The van der Waals surface area contributed by atoms with Gasteiger partial charge in [-0.3, -0.25) is 4.79 Å². The largest absolute Gasteiger partial charge is 0.490 e. The zero-order valence-electron chi connectivity index (χ0n) is 20.9. The van der Waals surface area contributed by atoms with E-state index in [2.05, 4.69) is 19.9 Å². The van der Waals surface area contributed by atoms with E-state index in [1.165, 1.54) is 38.4 Å². The second kappa shape index (κ2) is 15.3. The number of carboxylic acid groups (broad SMARTS) is 1. The number of hydrogen-bond donors (Lipinski definition) is 1. The van der Waals surface area contributed by atoms with Crippen LogP contribution < -0.4 is 0 Å².